The van der Waals surface area contributed by atoms with Crippen LogP contribution >= 0.6 is 23.2 Å². The number of nitro groups is 1. The molecule has 0 saturated carbocycles. The molecule has 0 aliphatic carbocycles. The molecule has 0 aliphatic heterocycles. The molecule has 1 N–H and O–H groups in total. The van der Waals surface area contributed by atoms with Gasteiger partial charge in [0.25, 0.3) is 5.69 Å². The zero-order valence-corrected chi connectivity index (χ0v) is 11.8. The summed E-state index contributed by atoms with van der Waals surface area (Å²) in [6.45, 7) is 0. The van der Waals surface area contributed by atoms with E-state index in [0.29, 0.717) is 5.02 Å². The zero-order valence-electron chi connectivity index (χ0n) is 10.2. The molecule has 21 heavy (non-hydrogen) atoms. The summed E-state index contributed by atoms with van der Waals surface area (Å²) in [6.07, 6.45) is 0. The van der Waals surface area contributed by atoms with E-state index in [1.54, 1.807) is 18.2 Å². The van der Waals surface area contributed by atoms with Gasteiger partial charge < -0.3 is 9.84 Å². The van der Waals surface area contributed by atoms with Gasteiger partial charge >= 0.3 is 5.97 Å². The van der Waals surface area contributed by atoms with Crippen LogP contribution in [0.4, 0.5) is 5.69 Å². The largest absolute Gasteiger partial charge is 0.478 e. The van der Waals surface area contributed by atoms with Gasteiger partial charge in [-0.3, -0.25) is 10.1 Å². The first-order valence-corrected chi connectivity index (χ1v) is 6.28. The molecule has 0 aromatic heterocycles. The molecule has 0 saturated heterocycles. The maximum atomic E-state index is 11.2. The van der Waals surface area contributed by atoms with Gasteiger partial charge in [-0.15, -0.1) is 0 Å². The van der Waals surface area contributed by atoms with Crippen LogP contribution in [0.1, 0.15) is 10.4 Å². The Morgan fingerprint density at radius 3 is 2.52 bits per heavy atom. The first-order valence-electron chi connectivity index (χ1n) is 5.53. The first kappa shape index (κ1) is 15.1. The van der Waals surface area contributed by atoms with Crippen molar-refractivity contribution in [3.63, 3.8) is 0 Å². The second-order valence-corrected chi connectivity index (χ2v) is 4.77. The normalized spacial score (nSPS) is 10.2. The summed E-state index contributed by atoms with van der Waals surface area (Å²) in [5.41, 5.74) is -0.843. The van der Waals surface area contributed by atoms with E-state index >= 15 is 0 Å². The summed E-state index contributed by atoms with van der Waals surface area (Å²) < 4.78 is 5.40. The summed E-state index contributed by atoms with van der Waals surface area (Å²) in [5, 5.41) is 20.1. The summed E-state index contributed by atoms with van der Waals surface area (Å²) in [7, 11) is 0. The number of carboxylic acid groups (broad SMARTS) is 1. The van der Waals surface area contributed by atoms with E-state index in [1.807, 2.05) is 0 Å². The van der Waals surface area contributed by atoms with E-state index < -0.39 is 22.1 Å². The number of carboxylic acids is 1. The monoisotopic (exact) mass is 327 g/mol. The van der Waals surface area contributed by atoms with Gasteiger partial charge in [-0.2, -0.15) is 0 Å². The molecule has 8 heteroatoms. The molecule has 0 bridgehead atoms. The molecule has 2 aromatic carbocycles. The van der Waals surface area contributed by atoms with Crippen LogP contribution in [-0.4, -0.2) is 16.0 Å². The molecular weight excluding hydrogens is 321 g/mol. The topological polar surface area (TPSA) is 89.7 Å². The Bertz CT molecular complexity index is 732. The van der Waals surface area contributed by atoms with Crippen LogP contribution in [0, 0.1) is 10.1 Å². The number of benzene rings is 2. The van der Waals surface area contributed by atoms with E-state index in [4.69, 9.17) is 33.0 Å². The Kier molecular flexibility index (Phi) is 4.30. The molecule has 108 valence electrons. The number of hydrogen-bond acceptors (Lipinski definition) is 4. The minimum Gasteiger partial charge on any atom is -0.478 e. The molecule has 0 fully saturated rings. The maximum Gasteiger partial charge on any atom is 0.339 e. The molecule has 0 spiro atoms. The summed E-state index contributed by atoms with van der Waals surface area (Å²) in [6, 6.07) is 8.14. The van der Waals surface area contributed by atoms with Gasteiger partial charge in [0.05, 0.1) is 9.95 Å². The Balaban J connectivity index is 2.52. The van der Waals surface area contributed by atoms with Crippen molar-refractivity contribution >= 4 is 34.9 Å². The second-order valence-electron chi connectivity index (χ2n) is 3.93. The molecule has 2 aromatic rings. The Morgan fingerprint density at radius 2 is 1.95 bits per heavy atom. The lowest BCUT2D eigenvalue weighted by molar-refractivity contribution is -0.384. The van der Waals surface area contributed by atoms with Crippen molar-refractivity contribution in [2.75, 3.05) is 0 Å². The highest BCUT2D eigenvalue weighted by molar-refractivity contribution is 6.33. The van der Waals surface area contributed by atoms with Crippen LogP contribution in [0.2, 0.25) is 10.0 Å². The quantitative estimate of drug-likeness (QED) is 0.664. The van der Waals surface area contributed by atoms with Crippen molar-refractivity contribution in [1.82, 2.24) is 0 Å². The average Bonchev–Trinajstić information content (AvgIpc) is 2.40. The van der Waals surface area contributed by atoms with Gasteiger partial charge in [0, 0.05) is 17.2 Å². The smallest absolute Gasteiger partial charge is 0.339 e. The minimum atomic E-state index is -1.39. The van der Waals surface area contributed by atoms with Crippen LogP contribution in [0.5, 0.6) is 11.5 Å². The number of nitro benzene ring substituents is 1. The van der Waals surface area contributed by atoms with Gasteiger partial charge in [0.1, 0.15) is 11.3 Å². The Labute approximate surface area is 128 Å². The van der Waals surface area contributed by atoms with Crippen molar-refractivity contribution in [2.45, 2.75) is 0 Å². The summed E-state index contributed by atoms with van der Waals surface area (Å²) >= 11 is 11.7. The predicted octanol–water partition coefficient (Wildman–Crippen LogP) is 4.39. The van der Waals surface area contributed by atoms with Gasteiger partial charge in [-0.1, -0.05) is 29.3 Å². The van der Waals surface area contributed by atoms with Crippen LogP contribution in [0.3, 0.4) is 0 Å². The summed E-state index contributed by atoms with van der Waals surface area (Å²) in [4.78, 5) is 21.2. The number of non-ortho nitro benzene ring substituents is 1. The van der Waals surface area contributed by atoms with E-state index in [2.05, 4.69) is 0 Å². The number of ether oxygens (including phenoxy) is 1. The summed E-state index contributed by atoms with van der Waals surface area (Å²) in [5.74, 6) is -1.31. The fraction of sp³-hybridized carbons (Fsp3) is 0. The molecule has 2 rings (SSSR count). The third kappa shape index (κ3) is 3.42. The van der Waals surface area contributed by atoms with Gasteiger partial charge in [-0.25, -0.2) is 4.79 Å². The highest BCUT2D eigenvalue weighted by atomic mass is 35.5. The highest BCUT2D eigenvalue weighted by Gasteiger charge is 2.22. The lowest BCUT2D eigenvalue weighted by Crippen LogP contribution is -2.02. The molecule has 0 unspecified atom stereocenters. The number of halogens is 2. The number of aromatic carboxylic acids is 1. The molecular formula is C13H7Cl2NO5. The highest BCUT2D eigenvalue weighted by Crippen LogP contribution is 2.37. The van der Waals surface area contributed by atoms with E-state index in [0.717, 1.165) is 12.1 Å². The SMILES string of the molecule is O=C(O)c1cc([N+](=O)[O-])cc(Cl)c1Oc1cccc(Cl)c1. The lowest BCUT2D eigenvalue weighted by Gasteiger charge is -2.10. The Hall–Kier alpha value is -2.31. The third-order valence-electron chi connectivity index (χ3n) is 2.49. The average molecular weight is 328 g/mol. The molecule has 0 radical (unpaired) electrons. The minimum absolute atomic E-state index is 0.179. The van der Waals surface area contributed by atoms with E-state index in [-0.39, 0.29) is 16.5 Å². The number of nitrogens with zero attached hydrogens (tertiary/aromatic N) is 1. The lowest BCUT2D eigenvalue weighted by atomic mass is 10.1. The van der Waals surface area contributed by atoms with Crippen LogP contribution < -0.4 is 4.74 Å². The zero-order chi connectivity index (χ0) is 15.6. The van der Waals surface area contributed by atoms with E-state index in [1.165, 1.54) is 6.07 Å². The van der Waals surface area contributed by atoms with Crippen LogP contribution in [-0.2, 0) is 0 Å². The number of hydrogen-bond donors (Lipinski definition) is 1. The first-order chi connectivity index (χ1) is 9.88. The van der Waals surface area contributed by atoms with Crippen LogP contribution in [0.25, 0.3) is 0 Å². The fourth-order valence-corrected chi connectivity index (χ4v) is 2.03. The fourth-order valence-electron chi connectivity index (χ4n) is 1.60. The molecule has 0 amide bonds. The van der Waals surface area contributed by atoms with E-state index in [9.17, 15) is 14.9 Å². The molecule has 0 heterocycles. The van der Waals surface area contributed by atoms with Crippen molar-refractivity contribution in [3.05, 3.63) is 62.1 Å². The number of carbonyl (C=O) groups is 1. The van der Waals surface area contributed by atoms with Gasteiger partial charge in [0.15, 0.2) is 5.75 Å². The van der Waals surface area contributed by atoms with Crippen molar-refractivity contribution < 1.29 is 19.6 Å². The van der Waals surface area contributed by atoms with Crippen LogP contribution in [0.15, 0.2) is 36.4 Å². The van der Waals surface area contributed by atoms with Crippen molar-refractivity contribution in [2.24, 2.45) is 0 Å². The molecule has 6 nitrogen and oxygen atoms in total. The molecule has 0 aliphatic rings. The molecule has 0 atom stereocenters. The number of rotatable bonds is 4. The maximum absolute atomic E-state index is 11.2. The van der Waals surface area contributed by atoms with Crippen molar-refractivity contribution in [1.29, 1.82) is 0 Å². The van der Waals surface area contributed by atoms with Crippen molar-refractivity contribution in [3.8, 4) is 11.5 Å². The standard InChI is InChI=1S/C13H7Cl2NO5/c14-7-2-1-3-9(4-7)21-12-10(13(17)18)5-8(16(19)20)6-11(12)15/h1-6H,(H,17,18). The van der Waals surface area contributed by atoms with Gasteiger partial charge in [-0.05, 0) is 18.2 Å². The van der Waals surface area contributed by atoms with Gasteiger partial charge in [0.2, 0.25) is 0 Å². The second kappa shape index (κ2) is 5.99. The Morgan fingerprint density at radius 1 is 1.24 bits per heavy atom. The predicted molar refractivity (Wildman–Crippen MR) is 76.6 cm³/mol. The third-order valence-corrected chi connectivity index (χ3v) is 3.00.